The van der Waals surface area contributed by atoms with Crippen LogP contribution in [0.3, 0.4) is 0 Å². The predicted molar refractivity (Wildman–Crippen MR) is 56.3 cm³/mol. The summed E-state index contributed by atoms with van der Waals surface area (Å²) in [5.74, 6) is 0.941. The molecule has 2 N–H and O–H groups in total. The van der Waals surface area contributed by atoms with Crippen molar-refractivity contribution < 1.29 is 0 Å². The molecule has 0 unspecified atom stereocenters. The molecule has 1 fully saturated rings. The number of hydrogen-bond acceptors (Lipinski definition) is 4. The predicted octanol–water partition coefficient (Wildman–Crippen LogP) is 0.631. The highest BCUT2D eigenvalue weighted by Gasteiger charge is 2.35. The largest absolute Gasteiger partial charge is 0.352 e. The molecule has 2 heterocycles. The number of aromatic nitrogens is 2. The molecule has 4 nitrogen and oxygen atoms in total. The van der Waals surface area contributed by atoms with Crippen LogP contribution in [0.4, 0.5) is 5.82 Å². The highest BCUT2D eigenvalue weighted by atomic mass is 15.3. The summed E-state index contributed by atoms with van der Waals surface area (Å²) in [5.41, 5.74) is 7.86. The van der Waals surface area contributed by atoms with E-state index in [2.05, 4.69) is 21.8 Å². The fourth-order valence-corrected chi connectivity index (χ4v) is 1.67. The molecule has 0 atom stereocenters. The van der Waals surface area contributed by atoms with Gasteiger partial charge in [0.05, 0.1) is 17.6 Å². The molecular formula is C10H16N4. The van der Waals surface area contributed by atoms with Crippen molar-refractivity contribution in [3.05, 3.63) is 17.6 Å². The van der Waals surface area contributed by atoms with Crippen LogP contribution < -0.4 is 10.6 Å². The Morgan fingerprint density at radius 1 is 1.36 bits per heavy atom. The van der Waals surface area contributed by atoms with Crippen molar-refractivity contribution in [1.29, 1.82) is 0 Å². The molecule has 0 radical (unpaired) electrons. The molecule has 0 bridgehead atoms. The topological polar surface area (TPSA) is 55.0 Å². The minimum Gasteiger partial charge on any atom is -0.352 e. The molecule has 1 aliphatic heterocycles. The molecule has 0 spiro atoms. The van der Waals surface area contributed by atoms with Crippen molar-refractivity contribution in [2.45, 2.75) is 26.3 Å². The standard InChI is InChI=1S/C10H16N4/c1-7-8(2)13-9(4-12-7)14-5-10(3,11)6-14/h4H,5-6,11H2,1-3H3. The van der Waals surface area contributed by atoms with Crippen LogP contribution in [-0.2, 0) is 0 Å². The van der Waals surface area contributed by atoms with Gasteiger partial charge in [-0.05, 0) is 20.8 Å². The summed E-state index contributed by atoms with van der Waals surface area (Å²) >= 11 is 0. The fourth-order valence-electron chi connectivity index (χ4n) is 1.67. The van der Waals surface area contributed by atoms with E-state index in [-0.39, 0.29) is 5.54 Å². The number of rotatable bonds is 1. The molecule has 0 amide bonds. The van der Waals surface area contributed by atoms with Crippen LogP contribution in [0.25, 0.3) is 0 Å². The van der Waals surface area contributed by atoms with E-state index in [0.717, 1.165) is 30.3 Å². The van der Waals surface area contributed by atoms with E-state index in [1.807, 2.05) is 20.0 Å². The van der Waals surface area contributed by atoms with Gasteiger partial charge in [0.1, 0.15) is 5.82 Å². The second-order valence-corrected chi connectivity index (χ2v) is 4.41. The number of aryl methyl sites for hydroxylation is 2. The first-order valence-corrected chi connectivity index (χ1v) is 4.82. The number of anilines is 1. The van der Waals surface area contributed by atoms with Crippen LogP contribution in [0, 0.1) is 13.8 Å². The third-order valence-electron chi connectivity index (χ3n) is 2.61. The van der Waals surface area contributed by atoms with Crippen LogP contribution in [0.5, 0.6) is 0 Å². The van der Waals surface area contributed by atoms with Crippen molar-refractivity contribution in [3.63, 3.8) is 0 Å². The van der Waals surface area contributed by atoms with E-state index in [4.69, 9.17) is 5.73 Å². The maximum atomic E-state index is 5.93. The van der Waals surface area contributed by atoms with Crippen molar-refractivity contribution in [2.24, 2.45) is 5.73 Å². The van der Waals surface area contributed by atoms with Gasteiger partial charge in [0.2, 0.25) is 0 Å². The van der Waals surface area contributed by atoms with Gasteiger partial charge in [-0.2, -0.15) is 0 Å². The molecule has 4 heteroatoms. The van der Waals surface area contributed by atoms with E-state index in [0.29, 0.717) is 0 Å². The lowest BCUT2D eigenvalue weighted by Crippen LogP contribution is -2.65. The Kier molecular flexibility index (Phi) is 1.96. The van der Waals surface area contributed by atoms with Crippen molar-refractivity contribution >= 4 is 5.82 Å². The maximum Gasteiger partial charge on any atom is 0.147 e. The number of hydrogen-bond donors (Lipinski definition) is 1. The first-order valence-electron chi connectivity index (χ1n) is 4.82. The van der Waals surface area contributed by atoms with Crippen LogP contribution in [0.15, 0.2) is 6.20 Å². The lowest BCUT2D eigenvalue weighted by molar-refractivity contribution is 0.362. The molecule has 76 valence electrons. The Hall–Kier alpha value is -1.16. The second-order valence-electron chi connectivity index (χ2n) is 4.41. The van der Waals surface area contributed by atoms with Crippen LogP contribution in [0.2, 0.25) is 0 Å². The summed E-state index contributed by atoms with van der Waals surface area (Å²) in [6, 6.07) is 0. The quantitative estimate of drug-likeness (QED) is 0.709. The minimum absolute atomic E-state index is 0.0551. The van der Waals surface area contributed by atoms with Gasteiger partial charge in [0, 0.05) is 18.6 Å². The highest BCUT2D eigenvalue weighted by Crippen LogP contribution is 2.23. The van der Waals surface area contributed by atoms with Gasteiger partial charge in [-0.15, -0.1) is 0 Å². The lowest BCUT2D eigenvalue weighted by atomic mass is 9.94. The van der Waals surface area contributed by atoms with E-state index in [9.17, 15) is 0 Å². The number of nitrogens with two attached hydrogens (primary N) is 1. The Balaban J connectivity index is 2.16. The fraction of sp³-hybridized carbons (Fsp3) is 0.600. The zero-order chi connectivity index (χ0) is 10.3. The summed E-state index contributed by atoms with van der Waals surface area (Å²) < 4.78 is 0. The average Bonchev–Trinajstić information content (AvgIpc) is 2.06. The molecule has 14 heavy (non-hydrogen) atoms. The maximum absolute atomic E-state index is 5.93. The minimum atomic E-state index is -0.0551. The Morgan fingerprint density at radius 3 is 2.50 bits per heavy atom. The Morgan fingerprint density at radius 2 is 2.00 bits per heavy atom. The zero-order valence-electron chi connectivity index (χ0n) is 8.91. The highest BCUT2D eigenvalue weighted by molar-refractivity contribution is 5.43. The molecule has 1 saturated heterocycles. The summed E-state index contributed by atoms with van der Waals surface area (Å²) in [6.07, 6.45) is 1.82. The van der Waals surface area contributed by atoms with Gasteiger partial charge in [0.25, 0.3) is 0 Å². The Bertz CT molecular complexity index is 351. The van der Waals surface area contributed by atoms with E-state index >= 15 is 0 Å². The molecule has 0 aliphatic carbocycles. The average molecular weight is 192 g/mol. The third-order valence-corrected chi connectivity index (χ3v) is 2.61. The molecule has 1 aromatic heterocycles. The third kappa shape index (κ3) is 1.57. The molecule has 1 aromatic rings. The normalized spacial score (nSPS) is 19.3. The SMILES string of the molecule is Cc1ncc(N2CC(C)(N)C2)nc1C. The Labute approximate surface area is 84.2 Å². The molecule has 2 rings (SSSR count). The van der Waals surface area contributed by atoms with Crippen LogP contribution >= 0.6 is 0 Å². The summed E-state index contributed by atoms with van der Waals surface area (Å²) in [6.45, 7) is 7.73. The first kappa shape index (κ1) is 9.40. The molecule has 1 aliphatic rings. The summed E-state index contributed by atoms with van der Waals surface area (Å²) in [5, 5.41) is 0. The van der Waals surface area contributed by atoms with Gasteiger partial charge in [0.15, 0.2) is 0 Å². The lowest BCUT2D eigenvalue weighted by Gasteiger charge is -2.46. The smallest absolute Gasteiger partial charge is 0.147 e. The number of nitrogens with zero attached hydrogens (tertiary/aromatic N) is 3. The molecular weight excluding hydrogens is 176 g/mol. The van der Waals surface area contributed by atoms with Gasteiger partial charge in [-0.25, -0.2) is 4.98 Å². The zero-order valence-corrected chi connectivity index (χ0v) is 8.91. The van der Waals surface area contributed by atoms with Crippen molar-refractivity contribution in [1.82, 2.24) is 9.97 Å². The van der Waals surface area contributed by atoms with Gasteiger partial charge < -0.3 is 10.6 Å². The van der Waals surface area contributed by atoms with Crippen LogP contribution in [-0.4, -0.2) is 28.6 Å². The van der Waals surface area contributed by atoms with E-state index < -0.39 is 0 Å². The van der Waals surface area contributed by atoms with Gasteiger partial charge >= 0.3 is 0 Å². The van der Waals surface area contributed by atoms with Crippen molar-refractivity contribution in [2.75, 3.05) is 18.0 Å². The summed E-state index contributed by atoms with van der Waals surface area (Å²) in [7, 11) is 0. The van der Waals surface area contributed by atoms with Gasteiger partial charge in [-0.3, -0.25) is 4.98 Å². The second kappa shape index (κ2) is 2.92. The van der Waals surface area contributed by atoms with Crippen LogP contribution in [0.1, 0.15) is 18.3 Å². The molecule has 0 saturated carbocycles. The van der Waals surface area contributed by atoms with Crippen molar-refractivity contribution in [3.8, 4) is 0 Å². The van der Waals surface area contributed by atoms with E-state index in [1.54, 1.807) is 0 Å². The first-order chi connectivity index (χ1) is 6.48. The molecule has 0 aromatic carbocycles. The van der Waals surface area contributed by atoms with E-state index in [1.165, 1.54) is 0 Å². The van der Waals surface area contributed by atoms with Gasteiger partial charge in [-0.1, -0.05) is 0 Å². The monoisotopic (exact) mass is 192 g/mol. The summed E-state index contributed by atoms with van der Waals surface area (Å²) in [4.78, 5) is 10.9.